The lowest BCUT2D eigenvalue weighted by Gasteiger charge is -2.46. The number of aliphatic hydroxyl groups excluding tert-OH is 1. The molecule has 4 atom stereocenters. The Morgan fingerprint density at radius 3 is 2.45 bits per heavy atom. The van der Waals surface area contributed by atoms with Crippen LogP contribution < -0.4 is 0 Å². The summed E-state index contributed by atoms with van der Waals surface area (Å²) < 4.78 is 0. The Bertz CT molecular complexity index is 494. The fraction of sp³-hybridized carbons (Fsp3) is 0.438. The van der Waals surface area contributed by atoms with E-state index in [-0.39, 0.29) is 12.3 Å². The predicted molar refractivity (Wildman–Crippen MR) is 73.6 cm³/mol. The molecule has 0 saturated carbocycles. The minimum Gasteiger partial charge on any atom is -0.388 e. The van der Waals surface area contributed by atoms with Crippen LogP contribution in [0.5, 0.6) is 0 Å². The Morgan fingerprint density at radius 1 is 1.25 bits per heavy atom. The van der Waals surface area contributed by atoms with Gasteiger partial charge in [0.2, 0.25) is 0 Å². The van der Waals surface area contributed by atoms with Crippen molar-refractivity contribution in [2.24, 2.45) is 11.8 Å². The van der Waals surface area contributed by atoms with Crippen LogP contribution in [0.2, 0.25) is 0 Å². The van der Waals surface area contributed by atoms with Crippen molar-refractivity contribution in [3.05, 3.63) is 48.0 Å². The van der Waals surface area contributed by atoms with E-state index in [4.69, 9.17) is 9.59 Å². The third-order valence-electron chi connectivity index (χ3n) is 4.17. The number of rotatable bonds is 2. The van der Waals surface area contributed by atoms with Crippen LogP contribution in [0.4, 0.5) is 0 Å². The smallest absolute Gasteiger partial charge is 0.373 e. The van der Waals surface area contributed by atoms with Gasteiger partial charge in [-0.1, -0.05) is 42.5 Å². The first-order valence-electron chi connectivity index (χ1n) is 6.78. The minimum atomic E-state index is -0.337. The first-order valence-corrected chi connectivity index (χ1v) is 6.78. The van der Waals surface area contributed by atoms with E-state index in [0.29, 0.717) is 17.9 Å². The van der Waals surface area contributed by atoms with Crippen LogP contribution in [0.3, 0.4) is 0 Å². The number of benzene rings is 1. The van der Waals surface area contributed by atoms with Crippen LogP contribution in [0.15, 0.2) is 42.5 Å². The summed E-state index contributed by atoms with van der Waals surface area (Å²) in [6.07, 6.45) is 5.62. The second-order valence-electron chi connectivity index (χ2n) is 5.41. The fourth-order valence-electron chi connectivity index (χ4n) is 3.30. The molecule has 0 radical (unpaired) electrons. The summed E-state index contributed by atoms with van der Waals surface area (Å²) in [5.74, 6) is 0.958. The highest BCUT2D eigenvalue weighted by atomic mass is 16.3. The van der Waals surface area contributed by atoms with E-state index in [9.17, 15) is 5.11 Å². The summed E-state index contributed by atoms with van der Waals surface area (Å²) in [5.41, 5.74) is 1.05. The molecule has 1 fully saturated rings. The van der Waals surface area contributed by atoms with Gasteiger partial charge in [0.05, 0.1) is 6.10 Å². The molecular weight excluding hydrogens is 254 g/mol. The van der Waals surface area contributed by atoms with Crippen molar-refractivity contribution in [1.82, 2.24) is 4.90 Å². The quantitative estimate of drug-likeness (QED) is 0.832. The molecule has 3 aliphatic rings. The van der Waals surface area contributed by atoms with Crippen molar-refractivity contribution in [1.29, 1.82) is 0 Å². The van der Waals surface area contributed by atoms with Crippen molar-refractivity contribution in [2.75, 3.05) is 13.6 Å². The molecule has 2 heterocycles. The van der Waals surface area contributed by atoms with Crippen LogP contribution in [-0.2, 0) is 9.59 Å². The number of nitrogens with zero attached hydrogens (tertiary/aromatic N) is 1. The zero-order valence-electron chi connectivity index (χ0n) is 11.5. The molecule has 4 heteroatoms. The topological polar surface area (TPSA) is 57.6 Å². The van der Waals surface area contributed by atoms with Gasteiger partial charge < -0.3 is 5.11 Å². The number of fused-ring (bicyclic) bond motifs is 2. The van der Waals surface area contributed by atoms with Gasteiger partial charge >= 0.3 is 6.15 Å². The third kappa shape index (κ3) is 3.05. The summed E-state index contributed by atoms with van der Waals surface area (Å²) in [4.78, 5) is 18.6. The van der Waals surface area contributed by atoms with Gasteiger partial charge in [-0.2, -0.15) is 9.59 Å². The van der Waals surface area contributed by atoms with Crippen molar-refractivity contribution in [3.8, 4) is 0 Å². The highest BCUT2D eigenvalue weighted by molar-refractivity contribution is 5.22. The molecule has 4 nitrogen and oxygen atoms in total. The van der Waals surface area contributed by atoms with E-state index in [1.165, 1.54) is 0 Å². The molecule has 0 amide bonds. The molecular formula is C16H19NO3. The molecule has 2 bridgehead atoms. The maximum atomic E-state index is 10.5. The van der Waals surface area contributed by atoms with Crippen molar-refractivity contribution in [2.45, 2.75) is 18.6 Å². The highest BCUT2D eigenvalue weighted by Gasteiger charge is 2.39. The lowest BCUT2D eigenvalue weighted by molar-refractivity contribution is -0.191. The Balaban J connectivity index is 0.000000452. The molecule has 106 valence electrons. The first kappa shape index (κ1) is 14.7. The van der Waals surface area contributed by atoms with Gasteiger partial charge in [-0.3, -0.25) is 4.90 Å². The lowest BCUT2D eigenvalue weighted by atomic mass is 9.74. The Morgan fingerprint density at radius 2 is 1.90 bits per heavy atom. The summed E-state index contributed by atoms with van der Waals surface area (Å²) in [5, 5.41) is 10.5. The third-order valence-corrected chi connectivity index (χ3v) is 4.17. The van der Waals surface area contributed by atoms with Crippen molar-refractivity contribution >= 4 is 6.15 Å². The summed E-state index contributed by atoms with van der Waals surface area (Å²) in [7, 11) is 2.16. The number of hydrogen-bond donors (Lipinski definition) is 1. The van der Waals surface area contributed by atoms with Crippen LogP contribution in [0.25, 0.3) is 0 Å². The summed E-state index contributed by atoms with van der Waals surface area (Å²) >= 11 is 0. The molecule has 4 unspecified atom stereocenters. The predicted octanol–water partition coefficient (Wildman–Crippen LogP) is 1.64. The van der Waals surface area contributed by atoms with Gasteiger partial charge in [0.15, 0.2) is 0 Å². The van der Waals surface area contributed by atoms with E-state index in [1.54, 1.807) is 0 Å². The van der Waals surface area contributed by atoms with Gasteiger partial charge in [-0.05, 0) is 24.9 Å². The molecule has 4 rings (SSSR count). The van der Waals surface area contributed by atoms with Crippen molar-refractivity contribution in [3.63, 3.8) is 0 Å². The normalized spacial score (nSPS) is 29.2. The van der Waals surface area contributed by atoms with Crippen LogP contribution in [-0.4, -0.2) is 35.8 Å². The zero-order chi connectivity index (χ0) is 14.5. The van der Waals surface area contributed by atoms with E-state index < -0.39 is 0 Å². The average Bonchev–Trinajstić information content (AvgIpc) is 2.48. The minimum absolute atomic E-state index is 0.250. The monoisotopic (exact) mass is 273 g/mol. The van der Waals surface area contributed by atoms with Crippen molar-refractivity contribution < 1.29 is 14.7 Å². The maximum absolute atomic E-state index is 10.5. The van der Waals surface area contributed by atoms with Gasteiger partial charge in [0, 0.05) is 18.5 Å². The number of hydrogen-bond acceptors (Lipinski definition) is 4. The zero-order valence-corrected chi connectivity index (χ0v) is 11.5. The molecule has 1 N–H and O–H groups in total. The largest absolute Gasteiger partial charge is 0.388 e. The Hall–Kier alpha value is -1.74. The lowest BCUT2D eigenvalue weighted by Crippen LogP contribution is -2.49. The second-order valence-corrected chi connectivity index (χ2v) is 5.41. The number of piperidine rings is 1. The van der Waals surface area contributed by atoms with Crippen LogP contribution in [0, 0.1) is 11.8 Å². The first-order chi connectivity index (χ1) is 9.67. The van der Waals surface area contributed by atoms with E-state index in [0.717, 1.165) is 18.5 Å². The number of carbonyl (C=O) groups excluding carboxylic acids is 2. The second kappa shape index (κ2) is 6.62. The molecule has 1 aromatic carbocycles. The molecule has 0 aromatic heterocycles. The number of likely N-dealkylation sites (N-methyl/N-ethyl adjacent to an activating group) is 1. The average molecular weight is 273 g/mol. The van der Waals surface area contributed by atoms with E-state index in [1.807, 2.05) is 30.3 Å². The summed E-state index contributed by atoms with van der Waals surface area (Å²) in [6, 6.07) is 10.4. The maximum Gasteiger partial charge on any atom is 0.373 e. The van der Waals surface area contributed by atoms with Gasteiger partial charge in [-0.15, -0.1) is 0 Å². The Labute approximate surface area is 118 Å². The molecule has 2 aliphatic heterocycles. The standard InChI is InChI=1S/C15H19NO.CO2/c1-16-10-11-7-8-14(16)13(9-11)15(17)12-5-3-2-4-6-12;2-1-3/h2-8,11,13-15,17H,9-10H2,1H3;. The van der Waals surface area contributed by atoms with E-state index >= 15 is 0 Å². The molecule has 1 aromatic rings. The molecule has 1 aliphatic carbocycles. The molecule has 1 saturated heterocycles. The molecule has 0 spiro atoms. The van der Waals surface area contributed by atoms with Gasteiger partial charge in [0.25, 0.3) is 0 Å². The Kier molecular flexibility index (Phi) is 4.85. The summed E-state index contributed by atoms with van der Waals surface area (Å²) in [6.45, 7) is 1.14. The highest BCUT2D eigenvalue weighted by Crippen LogP contribution is 2.40. The van der Waals surface area contributed by atoms with Gasteiger partial charge in [0.1, 0.15) is 0 Å². The van der Waals surface area contributed by atoms with Crippen LogP contribution >= 0.6 is 0 Å². The fourth-order valence-corrected chi connectivity index (χ4v) is 3.30. The molecule has 20 heavy (non-hydrogen) atoms. The van der Waals surface area contributed by atoms with Gasteiger partial charge in [-0.25, -0.2) is 0 Å². The number of aliphatic hydroxyl groups is 1. The SMILES string of the molecule is CN1CC2C=CC1C(C(O)c1ccccc1)C2.O=C=O. The van der Waals surface area contributed by atoms with Crippen LogP contribution in [0.1, 0.15) is 18.1 Å². The van der Waals surface area contributed by atoms with E-state index in [2.05, 4.69) is 24.1 Å².